The number of rotatable bonds is 3. The largest absolute Gasteiger partial charge is 0.383 e. The maximum Gasteiger partial charge on any atom is 0.229 e. The molecule has 1 aliphatic rings. The quantitative estimate of drug-likeness (QED) is 0.895. The highest BCUT2D eigenvalue weighted by Crippen LogP contribution is 2.24. The van der Waals surface area contributed by atoms with E-state index >= 15 is 0 Å². The first-order valence-corrected chi connectivity index (χ1v) is 7.50. The first-order chi connectivity index (χ1) is 10.6. The summed E-state index contributed by atoms with van der Waals surface area (Å²) in [5.74, 6) is 1.41. The van der Waals surface area contributed by atoms with Crippen molar-refractivity contribution in [1.82, 2.24) is 9.97 Å². The minimum absolute atomic E-state index is 0.420. The van der Waals surface area contributed by atoms with Crippen LogP contribution in [0, 0.1) is 0 Å². The molecule has 0 radical (unpaired) electrons. The molecule has 0 aliphatic carbocycles. The van der Waals surface area contributed by atoms with Gasteiger partial charge in [-0.3, -0.25) is 0 Å². The van der Waals surface area contributed by atoms with E-state index in [1.165, 1.54) is 0 Å². The highest BCUT2D eigenvalue weighted by atomic mass is 35.5. The van der Waals surface area contributed by atoms with Crippen LogP contribution in [-0.4, -0.2) is 36.3 Å². The summed E-state index contributed by atoms with van der Waals surface area (Å²) in [5.41, 5.74) is 14.0. The monoisotopic (exact) mass is 319 g/mol. The van der Waals surface area contributed by atoms with Crippen LogP contribution in [0.3, 0.4) is 0 Å². The molecule has 1 saturated heterocycles. The summed E-state index contributed by atoms with van der Waals surface area (Å²) in [6.07, 6.45) is 0.582. The van der Waals surface area contributed by atoms with Gasteiger partial charge in [0.15, 0.2) is 0 Å². The molecular formula is C15H18ClN5O. The zero-order valence-corrected chi connectivity index (χ0v) is 12.9. The van der Waals surface area contributed by atoms with Crippen LogP contribution >= 0.6 is 11.6 Å². The Morgan fingerprint density at radius 3 is 2.23 bits per heavy atom. The maximum atomic E-state index is 6.09. The lowest BCUT2D eigenvalue weighted by Crippen LogP contribution is -2.37. The number of nitrogen functional groups attached to an aromatic ring is 2. The molecule has 0 spiro atoms. The van der Waals surface area contributed by atoms with Crippen LogP contribution < -0.4 is 16.4 Å². The van der Waals surface area contributed by atoms with Crippen molar-refractivity contribution in [3.63, 3.8) is 0 Å². The Kier molecular flexibility index (Phi) is 4.31. The number of nitrogens with two attached hydrogens (primary N) is 2. The smallest absolute Gasteiger partial charge is 0.229 e. The van der Waals surface area contributed by atoms with Crippen molar-refractivity contribution < 1.29 is 4.74 Å². The third-order valence-electron chi connectivity index (χ3n) is 3.65. The number of ether oxygens (including phenoxy) is 1. The molecule has 1 aromatic heterocycles. The predicted molar refractivity (Wildman–Crippen MR) is 88.1 cm³/mol. The van der Waals surface area contributed by atoms with Gasteiger partial charge in [0.2, 0.25) is 5.95 Å². The first-order valence-electron chi connectivity index (χ1n) is 7.12. The van der Waals surface area contributed by atoms with E-state index in [2.05, 4.69) is 9.97 Å². The van der Waals surface area contributed by atoms with E-state index in [9.17, 15) is 0 Å². The lowest BCUT2D eigenvalue weighted by molar-refractivity contribution is 0.122. The zero-order valence-electron chi connectivity index (χ0n) is 12.1. The fourth-order valence-electron chi connectivity index (χ4n) is 2.40. The van der Waals surface area contributed by atoms with Crippen molar-refractivity contribution in [2.75, 3.05) is 42.7 Å². The van der Waals surface area contributed by atoms with Crippen molar-refractivity contribution in [3.05, 3.63) is 40.4 Å². The molecule has 1 aromatic carbocycles. The zero-order chi connectivity index (χ0) is 15.5. The fourth-order valence-corrected chi connectivity index (χ4v) is 2.52. The van der Waals surface area contributed by atoms with Gasteiger partial charge < -0.3 is 21.1 Å². The van der Waals surface area contributed by atoms with Crippen LogP contribution in [0.15, 0.2) is 24.3 Å². The lowest BCUT2D eigenvalue weighted by atomic mass is 10.1. The van der Waals surface area contributed by atoms with Crippen LogP contribution in [0.4, 0.5) is 17.6 Å². The van der Waals surface area contributed by atoms with E-state index in [1.54, 1.807) is 0 Å². The van der Waals surface area contributed by atoms with Crippen molar-refractivity contribution in [2.24, 2.45) is 0 Å². The topological polar surface area (TPSA) is 90.3 Å². The van der Waals surface area contributed by atoms with Crippen molar-refractivity contribution in [3.8, 4) is 0 Å². The van der Waals surface area contributed by atoms with Gasteiger partial charge >= 0.3 is 0 Å². The number of halogens is 1. The maximum absolute atomic E-state index is 6.09. The Bertz CT molecular complexity index is 632. The van der Waals surface area contributed by atoms with Gasteiger partial charge in [0.05, 0.1) is 13.2 Å². The average molecular weight is 320 g/mol. The molecule has 1 aliphatic heterocycles. The van der Waals surface area contributed by atoms with Crippen molar-refractivity contribution in [1.29, 1.82) is 0 Å². The van der Waals surface area contributed by atoms with Crippen LogP contribution in [0.2, 0.25) is 5.02 Å². The van der Waals surface area contributed by atoms with Gasteiger partial charge in [-0.15, -0.1) is 0 Å². The molecule has 2 aromatic rings. The normalized spacial score (nSPS) is 15.0. The molecule has 2 heterocycles. The van der Waals surface area contributed by atoms with Gasteiger partial charge in [0.1, 0.15) is 11.6 Å². The Morgan fingerprint density at radius 1 is 1.05 bits per heavy atom. The number of benzene rings is 1. The summed E-state index contributed by atoms with van der Waals surface area (Å²) in [4.78, 5) is 10.8. The second-order valence-electron chi connectivity index (χ2n) is 5.18. The van der Waals surface area contributed by atoms with Gasteiger partial charge in [0, 0.05) is 30.1 Å². The summed E-state index contributed by atoms with van der Waals surface area (Å²) >= 11 is 5.89. The second-order valence-corrected chi connectivity index (χ2v) is 5.61. The molecule has 1 fully saturated rings. The highest BCUT2D eigenvalue weighted by Gasteiger charge is 2.17. The van der Waals surface area contributed by atoms with Gasteiger partial charge in [0.25, 0.3) is 0 Å². The number of hydrogen-bond acceptors (Lipinski definition) is 6. The Labute approximate surface area is 134 Å². The summed E-state index contributed by atoms with van der Waals surface area (Å²) in [6.45, 7) is 2.82. The van der Waals surface area contributed by atoms with E-state index in [0.29, 0.717) is 42.2 Å². The minimum atomic E-state index is 0.420. The highest BCUT2D eigenvalue weighted by molar-refractivity contribution is 6.30. The second kappa shape index (κ2) is 6.37. The third-order valence-corrected chi connectivity index (χ3v) is 3.90. The van der Waals surface area contributed by atoms with E-state index in [-0.39, 0.29) is 0 Å². The summed E-state index contributed by atoms with van der Waals surface area (Å²) in [5, 5.41) is 0.698. The van der Waals surface area contributed by atoms with Crippen molar-refractivity contribution in [2.45, 2.75) is 6.42 Å². The van der Waals surface area contributed by atoms with Gasteiger partial charge in [-0.2, -0.15) is 9.97 Å². The molecule has 0 atom stereocenters. The third kappa shape index (κ3) is 3.23. The van der Waals surface area contributed by atoms with Gasteiger partial charge in [-0.05, 0) is 17.7 Å². The number of aromatic nitrogens is 2. The van der Waals surface area contributed by atoms with E-state index in [4.69, 9.17) is 27.8 Å². The van der Waals surface area contributed by atoms with Crippen LogP contribution in [0.5, 0.6) is 0 Å². The molecule has 4 N–H and O–H groups in total. The standard InChI is InChI=1S/C15H18ClN5O/c16-11-3-1-10(2-4-11)9-12-13(17)19-15(20-14(12)18)21-5-7-22-8-6-21/h1-4H,5-9H2,(H4,17,18,19,20). The molecule has 7 heteroatoms. The predicted octanol–water partition coefficient (Wildman–Crippen LogP) is 1.72. The molecule has 116 valence electrons. The number of morpholine rings is 1. The molecular weight excluding hydrogens is 302 g/mol. The Balaban J connectivity index is 1.84. The van der Waals surface area contributed by atoms with E-state index < -0.39 is 0 Å². The van der Waals surface area contributed by atoms with Crippen LogP contribution in [-0.2, 0) is 11.2 Å². The Hall–Kier alpha value is -2.05. The SMILES string of the molecule is Nc1nc(N2CCOCC2)nc(N)c1Cc1ccc(Cl)cc1. The van der Waals surface area contributed by atoms with Crippen molar-refractivity contribution >= 4 is 29.2 Å². The average Bonchev–Trinajstić information content (AvgIpc) is 2.53. The summed E-state index contributed by atoms with van der Waals surface area (Å²) < 4.78 is 5.32. The first kappa shape index (κ1) is 14.9. The van der Waals surface area contributed by atoms with Gasteiger partial charge in [-0.1, -0.05) is 23.7 Å². The fraction of sp³-hybridized carbons (Fsp3) is 0.333. The molecule has 0 saturated carbocycles. The summed E-state index contributed by atoms with van der Waals surface area (Å²) in [6, 6.07) is 7.56. The number of anilines is 3. The molecule has 0 amide bonds. The molecule has 0 unspecified atom stereocenters. The summed E-state index contributed by atoms with van der Waals surface area (Å²) in [7, 11) is 0. The van der Waals surface area contributed by atoms with E-state index in [0.717, 1.165) is 24.2 Å². The van der Waals surface area contributed by atoms with E-state index in [1.807, 2.05) is 29.2 Å². The number of hydrogen-bond donors (Lipinski definition) is 2. The Morgan fingerprint density at radius 2 is 1.64 bits per heavy atom. The van der Waals surface area contributed by atoms with Crippen LogP contribution in [0.1, 0.15) is 11.1 Å². The molecule has 0 bridgehead atoms. The molecule has 22 heavy (non-hydrogen) atoms. The minimum Gasteiger partial charge on any atom is -0.383 e. The number of nitrogens with zero attached hydrogens (tertiary/aromatic N) is 3. The van der Waals surface area contributed by atoms with Crippen LogP contribution in [0.25, 0.3) is 0 Å². The molecule has 3 rings (SSSR count). The van der Waals surface area contributed by atoms with Gasteiger partial charge in [-0.25, -0.2) is 0 Å². The lowest BCUT2D eigenvalue weighted by Gasteiger charge is -2.27. The molecule has 6 nitrogen and oxygen atoms in total.